The summed E-state index contributed by atoms with van der Waals surface area (Å²) < 4.78 is 11.2. The van der Waals surface area contributed by atoms with Gasteiger partial charge in [-0.05, 0) is 50.6 Å². The summed E-state index contributed by atoms with van der Waals surface area (Å²) in [5.41, 5.74) is 0.218. The van der Waals surface area contributed by atoms with Crippen LogP contribution in [0.15, 0.2) is 24.3 Å². The number of hydrogen-bond acceptors (Lipinski definition) is 4. The van der Waals surface area contributed by atoms with Crippen LogP contribution >= 0.6 is 0 Å². The average molecular weight is 293 g/mol. The second-order valence-electron chi connectivity index (χ2n) is 5.71. The molecule has 0 aliphatic carbocycles. The molecule has 1 fully saturated rings. The Bertz CT molecular complexity index is 474. The van der Waals surface area contributed by atoms with Crippen LogP contribution in [-0.2, 0) is 4.74 Å². The van der Waals surface area contributed by atoms with E-state index < -0.39 is 5.97 Å². The van der Waals surface area contributed by atoms with Gasteiger partial charge in [-0.2, -0.15) is 0 Å². The van der Waals surface area contributed by atoms with E-state index >= 15 is 0 Å². The molecule has 0 saturated carbocycles. The van der Waals surface area contributed by atoms with E-state index in [-0.39, 0.29) is 11.2 Å². The number of carboxylic acid groups (broad SMARTS) is 1. The fourth-order valence-electron chi connectivity index (χ4n) is 2.65. The number of likely N-dealkylation sites (tertiary alicyclic amines) is 1. The maximum atomic E-state index is 10.8. The molecule has 0 bridgehead atoms. The van der Waals surface area contributed by atoms with Gasteiger partial charge >= 0.3 is 5.97 Å². The molecule has 5 heteroatoms. The van der Waals surface area contributed by atoms with Crippen molar-refractivity contribution in [1.29, 1.82) is 0 Å². The Morgan fingerprint density at radius 1 is 1.38 bits per heavy atom. The number of nitrogens with zero attached hydrogens (tertiary/aromatic N) is 1. The third-order valence-electron chi connectivity index (χ3n) is 4.01. The normalized spacial score (nSPS) is 23.0. The fourth-order valence-corrected chi connectivity index (χ4v) is 2.65. The molecule has 116 valence electrons. The van der Waals surface area contributed by atoms with Crippen LogP contribution in [0.4, 0.5) is 0 Å². The third-order valence-corrected chi connectivity index (χ3v) is 4.01. The number of aromatic carboxylic acids is 1. The molecule has 1 heterocycles. The van der Waals surface area contributed by atoms with Gasteiger partial charge in [-0.3, -0.25) is 4.90 Å². The van der Waals surface area contributed by atoms with Crippen LogP contribution in [0.2, 0.25) is 0 Å². The Morgan fingerprint density at radius 2 is 2.10 bits per heavy atom. The van der Waals surface area contributed by atoms with Crippen LogP contribution < -0.4 is 4.74 Å². The molecule has 0 aromatic heterocycles. The second kappa shape index (κ2) is 6.91. The minimum atomic E-state index is -0.922. The van der Waals surface area contributed by atoms with Gasteiger partial charge < -0.3 is 14.6 Å². The van der Waals surface area contributed by atoms with Gasteiger partial charge in [-0.1, -0.05) is 0 Å². The molecule has 0 spiro atoms. The van der Waals surface area contributed by atoms with E-state index in [1.807, 2.05) is 0 Å². The van der Waals surface area contributed by atoms with Crippen molar-refractivity contribution in [1.82, 2.24) is 4.90 Å². The van der Waals surface area contributed by atoms with Crippen molar-refractivity contribution in [3.05, 3.63) is 29.8 Å². The zero-order valence-corrected chi connectivity index (χ0v) is 12.7. The monoisotopic (exact) mass is 293 g/mol. The Hall–Kier alpha value is -1.59. The largest absolute Gasteiger partial charge is 0.492 e. The van der Waals surface area contributed by atoms with Gasteiger partial charge in [0.1, 0.15) is 12.4 Å². The maximum absolute atomic E-state index is 10.8. The van der Waals surface area contributed by atoms with Gasteiger partial charge in [0.15, 0.2) is 0 Å². The van der Waals surface area contributed by atoms with Crippen molar-refractivity contribution < 1.29 is 19.4 Å². The van der Waals surface area contributed by atoms with E-state index in [1.165, 1.54) is 0 Å². The van der Waals surface area contributed by atoms with Crippen LogP contribution in [0.3, 0.4) is 0 Å². The molecule has 1 atom stereocenters. The van der Waals surface area contributed by atoms with Gasteiger partial charge in [0.05, 0.1) is 11.2 Å². The predicted molar refractivity (Wildman–Crippen MR) is 80.0 cm³/mol. The molecule has 21 heavy (non-hydrogen) atoms. The predicted octanol–water partition coefficient (Wildman–Crippen LogP) is 2.26. The van der Waals surface area contributed by atoms with Crippen molar-refractivity contribution in [2.24, 2.45) is 0 Å². The number of carbonyl (C=O) groups is 1. The minimum absolute atomic E-state index is 0.0542. The first kappa shape index (κ1) is 15.8. The van der Waals surface area contributed by atoms with E-state index in [2.05, 4.69) is 11.8 Å². The maximum Gasteiger partial charge on any atom is 0.335 e. The molecule has 2 rings (SSSR count). The summed E-state index contributed by atoms with van der Waals surface area (Å²) in [4.78, 5) is 13.1. The molecule has 1 N–H and O–H groups in total. The van der Waals surface area contributed by atoms with Gasteiger partial charge in [0, 0.05) is 20.2 Å². The smallest absolute Gasteiger partial charge is 0.335 e. The molecule has 1 aliphatic heterocycles. The molecule has 5 nitrogen and oxygen atoms in total. The second-order valence-corrected chi connectivity index (χ2v) is 5.71. The van der Waals surface area contributed by atoms with Crippen LogP contribution in [0.1, 0.15) is 30.1 Å². The molecular weight excluding hydrogens is 270 g/mol. The highest BCUT2D eigenvalue weighted by molar-refractivity contribution is 5.87. The number of piperidine rings is 1. The van der Waals surface area contributed by atoms with Crippen LogP contribution in [-0.4, -0.2) is 54.9 Å². The lowest BCUT2D eigenvalue weighted by Gasteiger charge is -2.39. The Morgan fingerprint density at radius 3 is 2.71 bits per heavy atom. The SMILES string of the molecule is COC1(C)CCCN(CCOc2ccc(C(=O)O)cc2)C1. The topological polar surface area (TPSA) is 59.0 Å². The molecule has 1 aromatic carbocycles. The summed E-state index contributed by atoms with van der Waals surface area (Å²) in [6, 6.07) is 6.50. The Balaban J connectivity index is 1.77. The zero-order chi connectivity index (χ0) is 15.3. The third kappa shape index (κ3) is 4.44. The summed E-state index contributed by atoms with van der Waals surface area (Å²) >= 11 is 0. The Labute approximate surface area is 125 Å². The molecular formula is C16H23NO4. The van der Waals surface area contributed by atoms with Crippen molar-refractivity contribution in [2.45, 2.75) is 25.4 Å². The number of methoxy groups -OCH3 is 1. The lowest BCUT2D eigenvalue weighted by atomic mass is 9.95. The average Bonchev–Trinajstić information content (AvgIpc) is 2.48. The highest BCUT2D eigenvalue weighted by Crippen LogP contribution is 2.23. The summed E-state index contributed by atoms with van der Waals surface area (Å²) in [5, 5.41) is 8.84. The van der Waals surface area contributed by atoms with E-state index in [0.29, 0.717) is 12.4 Å². The number of rotatable bonds is 6. The standard InChI is InChI=1S/C16H23NO4/c1-16(20-2)8-3-9-17(12-16)10-11-21-14-6-4-13(5-7-14)15(18)19/h4-7H,3,8-12H2,1-2H3,(H,18,19). The molecule has 1 unspecified atom stereocenters. The van der Waals surface area contributed by atoms with Crippen molar-refractivity contribution >= 4 is 5.97 Å². The quantitative estimate of drug-likeness (QED) is 0.872. The molecule has 1 saturated heterocycles. The lowest BCUT2D eigenvalue weighted by Crippen LogP contribution is -2.48. The van der Waals surface area contributed by atoms with Crippen LogP contribution in [0, 0.1) is 0 Å². The fraction of sp³-hybridized carbons (Fsp3) is 0.562. The van der Waals surface area contributed by atoms with Gasteiger partial charge in [0.2, 0.25) is 0 Å². The molecule has 0 radical (unpaired) electrons. The van der Waals surface area contributed by atoms with Crippen molar-refractivity contribution in [2.75, 3.05) is 33.4 Å². The lowest BCUT2D eigenvalue weighted by molar-refractivity contribution is -0.0524. The summed E-state index contributed by atoms with van der Waals surface area (Å²) in [6.07, 6.45) is 2.23. The summed E-state index contributed by atoms with van der Waals surface area (Å²) in [5.74, 6) is -0.222. The van der Waals surface area contributed by atoms with E-state index in [4.69, 9.17) is 14.6 Å². The minimum Gasteiger partial charge on any atom is -0.492 e. The number of hydrogen-bond donors (Lipinski definition) is 1. The van der Waals surface area contributed by atoms with Crippen molar-refractivity contribution in [3.8, 4) is 5.75 Å². The molecule has 0 amide bonds. The highest BCUT2D eigenvalue weighted by Gasteiger charge is 2.30. The number of carboxylic acids is 1. The van der Waals surface area contributed by atoms with E-state index in [1.54, 1.807) is 31.4 Å². The van der Waals surface area contributed by atoms with Crippen LogP contribution in [0.25, 0.3) is 0 Å². The van der Waals surface area contributed by atoms with Gasteiger partial charge in [-0.25, -0.2) is 4.79 Å². The number of benzene rings is 1. The molecule has 1 aliphatic rings. The zero-order valence-electron chi connectivity index (χ0n) is 12.7. The summed E-state index contributed by atoms with van der Waals surface area (Å²) in [6.45, 7) is 5.57. The highest BCUT2D eigenvalue weighted by atomic mass is 16.5. The molecule has 1 aromatic rings. The number of ether oxygens (including phenoxy) is 2. The Kier molecular flexibility index (Phi) is 5.20. The summed E-state index contributed by atoms with van der Waals surface area (Å²) in [7, 11) is 1.77. The first-order chi connectivity index (χ1) is 10.0. The van der Waals surface area contributed by atoms with Gasteiger partial charge in [-0.15, -0.1) is 0 Å². The van der Waals surface area contributed by atoms with E-state index in [9.17, 15) is 4.79 Å². The first-order valence-electron chi connectivity index (χ1n) is 7.26. The van der Waals surface area contributed by atoms with Crippen LogP contribution in [0.5, 0.6) is 5.75 Å². The first-order valence-corrected chi connectivity index (χ1v) is 7.26. The van der Waals surface area contributed by atoms with E-state index in [0.717, 1.165) is 32.5 Å². The van der Waals surface area contributed by atoms with Gasteiger partial charge in [0.25, 0.3) is 0 Å². The van der Waals surface area contributed by atoms with Crippen molar-refractivity contribution in [3.63, 3.8) is 0 Å².